The first-order valence-electron chi connectivity index (χ1n) is 9.99. The molecule has 1 aliphatic rings. The second kappa shape index (κ2) is 9.49. The van der Waals surface area contributed by atoms with Gasteiger partial charge in [-0.3, -0.25) is 9.59 Å². The number of sulfonamides is 1. The second-order valence-corrected chi connectivity index (χ2v) is 9.24. The molecule has 166 valence electrons. The van der Waals surface area contributed by atoms with Gasteiger partial charge >= 0.3 is 0 Å². The molecular weight excluding hydrogens is 420 g/mol. The number of ketones is 1. The molecular formula is C22H26N2O6S. The molecule has 0 saturated carbocycles. The number of nitrogens with one attached hydrogen (secondary N) is 1. The largest absolute Gasteiger partial charge is 0.493 e. The Labute approximate surface area is 182 Å². The Morgan fingerprint density at radius 3 is 2.26 bits per heavy atom. The quantitative estimate of drug-likeness (QED) is 0.625. The number of rotatable bonds is 8. The predicted molar refractivity (Wildman–Crippen MR) is 116 cm³/mol. The third-order valence-electron chi connectivity index (χ3n) is 5.07. The summed E-state index contributed by atoms with van der Waals surface area (Å²) in [6, 6.07) is 10.8. The Balaban J connectivity index is 1.65. The molecule has 9 heteroatoms. The van der Waals surface area contributed by atoms with Crippen LogP contribution in [0.5, 0.6) is 11.5 Å². The van der Waals surface area contributed by atoms with Crippen molar-refractivity contribution in [1.82, 2.24) is 4.31 Å². The van der Waals surface area contributed by atoms with E-state index in [4.69, 9.17) is 9.47 Å². The molecule has 1 N–H and O–H groups in total. The van der Waals surface area contributed by atoms with Crippen molar-refractivity contribution in [3.8, 4) is 11.5 Å². The Bertz CT molecular complexity index is 1060. The number of methoxy groups -OCH3 is 1. The minimum atomic E-state index is -3.50. The SMILES string of the molecule is COc1cc(C(C)=O)ccc1O[C@H](C)C(=O)Nc1ccc(S(=O)(=O)N2CCCC2)cc1. The third-order valence-corrected chi connectivity index (χ3v) is 6.98. The van der Waals surface area contributed by atoms with Crippen LogP contribution in [0.2, 0.25) is 0 Å². The summed E-state index contributed by atoms with van der Waals surface area (Å²) in [5.74, 6) is 0.171. The fraction of sp³-hybridized carbons (Fsp3) is 0.364. The summed E-state index contributed by atoms with van der Waals surface area (Å²) in [6.45, 7) is 4.10. The Kier molecular flexibility index (Phi) is 6.97. The topological polar surface area (TPSA) is 102 Å². The second-order valence-electron chi connectivity index (χ2n) is 7.31. The van der Waals surface area contributed by atoms with Gasteiger partial charge in [0.05, 0.1) is 12.0 Å². The first-order valence-corrected chi connectivity index (χ1v) is 11.4. The van der Waals surface area contributed by atoms with Crippen LogP contribution in [0.3, 0.4) is 0 Å². The third kappa shape index (κ3) is 5.23. The molecule has 3 rings (SSSR count). The van der Waals surface area contributed by atoms with E-state index in [9.17, 15) is 18.0 Å². The van der Waals surface area contributed by atoms with Crippen molar-refractivity contribution in [1.29, 1.82) is 0 Å². The molecule has 1 heterocycles. The van der Waals surface area contributed by atoms with Crippen LogP contribution >= 0.6 is 0 Å². The summed E-state index contributed by atoms with van der Waals surface area (Å²) in [7, 11) is -2.05. The maximum absolute atomic E-state index is 12.6. The summed E-state index contributed by atoms with van der Waals surface area (Å²) in [5.41, 5.74) is 0.935. The average Bonchev–Trinajstić information content (AvgIpc) is 3.30. The lowest BCUT2D eigenvalue weighted by Gasteiger charge is -2.18. The summed E-state index contributed by atoms with van der Waals surface area (Å²) in [5, 5.41) is 2.71. The van der Waals surface area contributed by atoms with Crippen molar-refractivity contribution in [3.05, 3.63) is 48.0 Å². The van der Waals surface area contributed by atoms with Crippen LogP contribution in [0, 0.1) is 0 Å². The van der Waals surface area contributed by atoms with Crippen molar-refractivity contribution in [2.24, 2.45) is 0 Å². The minimum absolute atomic E-state index is 0.106. The van der Waals surface area contributed by atoms with E-state index in [0.717, 1.165) is 12.8 Å². The summed E-state index contributed by atoms with van der Waals surface area (Å²) >= 11 is 0. The highest BCUT2D eigenvalue weighted by atomic mass is 32.2. The monoisotopic (exact) mass is 446 g/mol. The molecule has 2 aromatic rings. The number of nitrogens with zero attached hydrogens (tertiary/aromatic N) is 1. The highest BCUT2D eigenvalue weighted by Gasteiger charge is 2.27. The van der Waals surface area contributed by atoms with Gasteiger partial charge in [0.15, 0.2) is 23.4 Å². The van der Waals surface area contributed by atoms with Crippen LogP contribution in [0.25, 0.3) is 0 Å². The van der Waals surface area contributed by atoms with E-state index in [2.05, 4.69) is 5.32 Å². The van der Waals surface area contributed by atoms with Gasteiger partial charge in [-0.25, -0.2) is 8.42 Å². The van der Waals surface area contributed by atoms with Gasteiger partial charge in [-0.05, 0) is 69.2 Å². The van der Waals surface area contributed by atoms with Crippen LogP contribution in [0.1, 0.15) is 37.0 Å². The zero-order valence-electron chi connectivity index (χ0n) is 17.8. The molecule has 0 bridgehead atoms. The molecule has 8 nitrogen and oxygen atoms in total. The average molecular weight is 447 g/mol. The van der Waals surface area contributed by atoms with Gasteiger partial charge in [-0.1, -0.05) is 0 Å². The molecule has 0 spiro atoms. The zero-order valence-corrected chi connectivity index (χ0v) is 18.6. The summed E-state index contributed by atoms with van der Waals surface area (Å²) in [4.78, 5) is 24.2. The van der Waals surface area contributed by atoms with Crippen LogP contribution < -0.4 is 14.8 Å². The highest BCUT2D eigenvalue weighted by molar-refractivity contribution is 7.89. The molecule has 1 atom stereocenters. The van der Waals surface area contributed by atoms with E-state index in [1.165, 1.54) is 30.5 Å². The van der Waals surface area contributed by atoms with Crippen molar-refractivity contribution in [3.63, 3.8) is 0 Å². The lowest BCUT2D eigenvalue weighted by Crippen LogP contribution is -2.30. The van der Waals surface area contributed by atoms with Gasteiger partial charge in [0.25, 0.3) is 5.91 Å². The number of Topliss-reactive ketones (excluding diaryl/α,β-unsaturated/α-hetero) is 1. The minimum Gasteiger partial charge on any atom is -0.493 e. The van der Waals surface area contributed by atoms with Crippen molar-refractivity contribution < 1.29 is 27.5 Å². The zero-order chi connectivity index (χ0) is 22.6. The van der Waals surface area contributed by atoms with E-state index in [-0.39, 0.29) is 10.7 Å². The van der Waals surface area contributed by atoms with E-state index < -0.39 is 22.0 Å². The molecule has 0 radical (unpaired) electrons. The van der Waals surface area contributed by atoms with Crippen LogP contribution in [-0.2, 0) is 14.8 Å². The Hall–Kier alpha value is -2.91. The van der Waals surface area contributed by atoms with Gasteiger partial charge in [0, 0.05) is 24.3 Å². The number of carbonyl (C=O) groups excluding carboxylic acids is 2. The van der Waals surface area contributed by atoms with Crippen LogP contribution in [-0.4, -0.2) is 50.7 Å². The normalized spacial score (nSPS) is 15.3. The maximum Gasteiger partial charge on any atom is 0.265 e. The molecule has 1 amide bonds. The smallest absolute Gasteiger partial charge is 0.265 e. The van der Waals surface area contributed by atoms with Crippen molar-refractivity contribution >= 4 is 27.4 Å². The van der Waals surface area contributed by atoms with Gasteiger partial charge in [0.2, 0.25) is 10.0 Å². The van der Waals surface area contributed by atoms with E-state index in [1.807, 2.05) is 0 Å². The summed E-state index contributed by atoms with van der Waals surface area (Å²) < 4.78 is 37.6. The molecule has 31 heavy (non-hydrogen) atoms. The van der Waals surface area contributed by atoms with Crippen LogP contribution in [0.4, 0.5) is 5.69 Å². The fourth-order valence-corrected chi connectivity index (χ4v) is 4.78. The lowest BCUT2D eigenvalue weighted by atomic mass is 10.1. The lowest BCUT2D eigenvalue weighted by molar-refractivity contribution is -0.122. The molecule has 0 aromatic heterocycles. The van der Waals surface area contributed by atoms with Crippen molar-refractivity contribution in [2.75, 3.05) is 25.5 Å². The van der Waals surface area contributed by atoms with Gasteiger partial charge in [-0.2, -0.15) is 4.31 Å². The first kappa shape index (κ1) is 22.8. The van der Waals surface area contributed by atoms with E-state index in [0.29, 0.717) is 35.8 Å². The number of hydrogen-bond donors (Lipinski definition) is 1. The number of amides is 1. The number of carbonyl (C=O) groups is 2. The fourth-order valence-electron chi connectivity index (χ4n) is 3.26. The maximum atomic E-state index is 12.6. The number of anilines is 1. The molecule has 0 unspecified atom stereocenters. The summed E-state index contributed by atoms with van der Waals surface area (Å²) in [6.07, 6.45) is 0.881. The molecule has 1 saturated heterocycles. The number of hydrogen-bond acceptors (Lipinski definition) is 6. The predicted octanol–water partition coefficient (Wildman–Crippen LogP) is 3.09. The molecule has 1 fully saturated rings. The molecule has 0 aliphatic carbocycles. The Morgan fingerprint density at radius 2 is 1.68 bits per heavy atom. The highest BCUT2D eigenvalue weighted by Crippen LogP contribution is 2.29. The number of benzene rings is 2. The van der Waals surface area contributed by atoms with Crippen LogP contribution in [0.15, 0.2) is 47.4 Å². The number of ether oxygens (including phenoxy) is 2. The van der Waals surface area contributed by atoms with E-state index in [1.54, 1.807) is 37.3 Å². The van der Waals surface area contributed by atoms with Gasteiger partial charge in [-0.15, -0.1) is 0 Å². The standard InChI is InChI=1S/C22H26N2O6S/c1-15(25)17-6-11-20(21(14-17)29-3)30-16(2)22(26)23-18-7-9-19(10-8-18)31(27,28)24-12-4-5-13-24/h6-11,14,16H,4-5,12-13H2,1-3H3,(H,23,26)/t16-/m1/s1. The van der Waals surface area contributed by atoms with Gasteiger partial charge in [0.1, 0.15) is 0 Å². The van der Waals surface area contributed by atoms with Gasteiger partial charge < -0.3 is 14.8 Å². The molecule has 2 aromatic carbocycles. The van der Waals surface area contributed by atoms with E-state index >= 15 is 0 Å². The van der Waals surface area contributed by atoms with Crippen molar-refractivity contribution in [2.45, 2.75) is 37.7 Å². The Morgan fingerprint density at radius 1 is 1.03 bits per heavy atom. The first-order chi connectivity index (χ1) is 14.7. The molecule has 1 aliphatic heterocycles.